The largest absolute Gasteiger partial charge is 0.368 e. The van der Waals surface area contributed by atoms with Crippen LogP contribution >= 0.6 is 0 Å². The molecule has 1 unspecified atom stereocenters. The van der Waals surface area contributed by atoms with Crippen LogP contribution in [0.1, 0.15) is 24.6 Å². The lowest BCUT2D eigenvalue weighted by atomic mass is 9.97. The third-order valence-corrected chi connectivity index (χ3v) is 4.70. The Bertz CT molecular complexity index is 907. The Morgan fingerprint density at radius 1 is 1.28 bits per heavy atom. The third-order valence-electron chi connectivity index (χ3n) is 4.70. The minimum absolute atomic E-state index is 0.177. The predicted molar refractivity (Wildman–Crippen MR) is 93.3 cm³/mol. The number of benzene rings is 2. The number of nitro benzene ring substituents is 1. The molecule has 0 radical (unpaired) electrons. The summed E-state index contributed by atoms with van der Waals surface area (Å²) < 4.78 is 14.3. The monoisotopic (exact) mass is 340 g/mol. The number of non-ortho nitro benzene ring substituents is 1. The molecule has 3 aromatic rings. The van der Waals surface area contributed by atoms with Gasteiger partial charge in [0.1, 0.15) is 5.82 Å². The number of aromatic nitrogens is 2. The predicted octanol–water partition coefficient (Wildman–Crippen LogP) is 3.99. The fourth-order valence-corrected chi connectivity index (χ4v) is 3.45. The lowest BCUT2D eigenvalue weighted by Crippen LogP contribution is -2.35. The minimum atomic E-state index is -0.583. The van der Waals surface area contributed by atoms with Crippen molar-refractivity contribution in [2.45, 2.75) is 18.8 Å². The van der Waals surface area contributed by atoms with Crippen molar-refractivity contribution in [1.29, 1.82) is 0 Å². The van der Waals surface area contributed by atoms with Crippen LogP contribution in [0.15, 0.2) is 42.5 Å². The maximum Gasteiger partial charge on any atom is 0.272 e. The average molecular weight is 340 g/mol. The highest BCUT2D eigenvalue weighted by atomic mass is 19.1. The quantitative estimate of drug-likeness (QED) is 0.578. The standard InChI is InChI=1S/C18H17FN4O2/c19-14-10-13(23(24)25)7-8-17(14)22-9-3-4-12(11-22)18-20-15-5-1-2-6-16(15)21-18/h1-2,5-8,10,12H,3-4,9,11H2,(H,20,21). The highest BCUT2D eigenvalue weighted by Gasteiger charge is 2.26. The van der Waals surface area contributed by atoms with Gasteiger partial charge in [-0.3, -0.25) is 10.1 Å². The molecule has 2 heterocycles. The van der Waals surface area contributed by atoms with Gasteiger partial charge in [0.05, 0.1) is 27.7 Å². The van der Waals surface area contributed by atoms with Crippen LogP contribution in [0.25, 0.3) is 11.0 Å². The summed E-state index contributed by atoms with van der Waals surface area (Å²) in [6.45, 7) is 1.36. The van der Waals surface area contributed by atoms with Crippen molar-refractivity contribution in [3.63, 3.8) is 0 Å². The van der Waals surface area contributed by atoms with Crippen molar-refractivity contribution in [2.24, 2.45) is 0 Å². The number of imidazole rings is 1. The van der Waals surface area contributed by atoms with Gasteiger partial charge < -0.3 is 9.88 Å². The van der Waals surface area contributed by atoms with E-state index in [9.17, 15) is 14.5 Å². The zero-order chi connectivity index (χ0) is 17.4. The van der Waals surface area contributed by atoms with Gasteiger partial charge in [0, 0.05) is 25.1 Å². The number of hydrogen-bond donors (Lipinski definition) is 1. The molecule has 128 valence electrons. The van der Waals surface area contributed by atoms with Crippen LogP contribution in [0.5, 0.6) is 0 Å². The van der Waals surface area contributed by atoms with Crippen molar-refractivity contribution in [3.05, 3.63) is 64.2 Å². The summed E-state index contributed by atoms with van der Waals surface area (Å²) in [6, 6.07) is 11.7. The molecule has 1 aromatic heterocycles. The molecular weight excluding hydrogens is 323 g/mol. The van der Waals surface area contributed by atoms with E-state index in [-0.39, 0.29) is 11.6 Å². The molecular formula is C18H17FN4O2. The number of rotatable bonds is 3. The number of anilines is 1. The SMILES string of the molecule is O=[N+]([O-])c1ccc(N2CCCC(c3nc4ccccc4[nH]3)C2)c(F)c1. The molecule has 0 bridgehead atoms. The van der Waals surface area contributed by atoms with Gasteiger partial charge in [0.25, 0.3) is 5.69 Å². The first-order valence-corrected chi connectivity index (χ1v) is 8.25. The highest BCUT2D eigenvalue weighted by Crippen LogP contribution is 2.32. The van der Waals surface area contributed by atoms with Crippen LogP contribution in [-0.4, -0.2) is 28.0 Å². The summed E-state index contributed by atoms with van der Waals surface area (Å²) in [6.07, 6.45) is 1.89. The molecule has 1 fully saturated rings. The number of nitro groups is 1. The van der Waals surface area contributed by atoms with Gasteiger partial charge >= 0.3 is 0 Å². The first kappa shape index (κ1) is 15.6. The topological polar surface area (TPSA) is 75.1 Å². The van der Waals surface area contributed by atoms with E-state index in [0.717, 1.165) is 42.3 Å². The van der Waals surface area contributed by atoms with E-state index in [0.29, 0.717) is 12.2 Å². The van der Waals surface area contributed by atoms with Crippen LogP contribution in [0.2, 0.25) is 0 Å². The van der Waals surface area contributed by atoms with Crippen molar-refractivity contribution >= 4 is 22.4 Å². The van der Waals surface area contributed by atoms with Crippen LogP contribution < -0.4 is 4.90 Å². The maximum atomic E-state index is 14.3. The number of H-pyrrole nitrogens is 1. The summed E-state index contributed by atoms with van der Waals surface area (Å²) >= 11 is 0. The molecule has 1 N–H and O–H groups in total. The van der Waals surface area contributed by atoms with E-state index in [1.54, 1.807) is 0 Å². The lowest BCUT2D eigenvalue weighted by molar-refractivity contribution is -0.385. The number of hydrogen-bond acceptors (Lipinski definition) is 4. The zero-order valence-corrected chi connectivity index (χ0v) is 13.5. The molecule has 1 aliphatic heterocycles. The molecule has 1 saturated heterocycles. The molecule has 1 aliphatic rings. The summed E-state index contributed by atoms with van der Waals surface area (Å²) in [5, 5.41) is 10.8. The van der Waals surface area contributed by atoms with Gasteiger partial charge in [-0.1, -0.05) is 12.1 Å². The number of fused-ring (bicyclic) bond motifs is 1. The van der Waals surface area contributed by atoms with E-state index >= 15 is 0 Å². The van der Waals surface area contributed by atoms with Gasteiger partial charge in [0.2, 0.25) is 0 Å². The second kappa shape index (κ2) is 6.16. The van der Waals surface area contributed by atoms with E-state index in [2.05, 4.69) is 9.97 Å². The first-order valence-electron chi connectivity index (χ1n) is 8.25. The molecule has 1 atom stereocenters. The first-order chi connectivity index (χ1) is 12.1. The third kappa shape index (κ3) is 2.93. The fourth-order valence-electron chi connectivity index (χ4n) is 3.45. The summed E-state index contributed by atoms with van der Waals surface area (Å²) in [4.78, 5) is 20.2. The van der Waals surface area contributed by atoms with E-state index in [1.807, 2.05) is 29.2 Å². The Balaban J connectivity index is 1.59. The zero-order valence-electron chi connectivity index (χ0n) is 13.5. The normalized spacial score (nSPS) is 17.8. The Kier molecular flexibility index (Phi) is 3.83. The van der Waals surface area contributed by atoms with Gasteiger partial charge in [-0.05, 0) is 31.0 Å². The average Bonchev–Trinajstić information content (AvgIpc) is 3.06. The smallest absolute Gasteiger partial charge is 0.272 e. The fraction of sp³-hybridized carbons (Fsp3) is 0.278. The van der Waals surface area contributed by atoms with E-state index in [1.165, 1.54) is 12.1 Å². The Morgan fingerprint density at radius 2 is 2.12 bits per heavy atom. The Morgan fingerprint density at radius 3 is 2.88 bits per heavy atom. The molecule has 0 saturated carbocycles. The maximum absolute atomic E-state index is 14.3. The summed E-state index contributed by atoms with van der Waals surface area (Å²) in [5.41, 5.74) is 2.10. The molecule has 0 spiro atoms. The van der Waals surface area contributed by atoms with Crippen molar-refractivity contribution in [2.75, 3.05) is 18.0 Å². The van der Waals surface area contributed by atoms with Crippen molar-refractivity contribution in [3.8, 4) is 0 Å². The summed E-state index contributed by atoms with van der Waals surface area (Å²) in [5.74, 6) is 0.531. The molecule has 0 amide bonds. The Hall–Kier alpha value is -2.96. The number of nitrogens with zero attached hydrogens (tertiary/aromatic N) is 3. The van der Waals surface area contributed by atoms with E-state index in [4.69, 9.17) is 0 Å². The van der Waals surface area contributed by atoms with Crippen molar-refractivity contribution in [1.82, 2.24) is 9.97 Å². The molecule has 2 aromatic carbocycles. The molecule has 4 rings (SSSR count). The molecule has 7 heteroatoms. The Labute approximate surface area is 143 Å². The van der Waals surface area contributed by atoms with Crippen LogP contribution in [0.4, 0.5) is 15.8 Å². The van der Waals surface area contributed by atoms with Gasteiger partial charge in [0.15, 0.2) is 5.82 Å². The molecule has 0 aliphatic carbocycles. The van der Waals surface area contributed by atoms with Crippen LogP contribution in [0, 0.1) is 15.9 Å². The number of para-hydroxylation sites is 2. The molecule has 25 heavy (non-hydrogen) atoms. The van der Waals surface area contributed by atoms with Gasteiger partial charge in [-0.15, -0.1) is 0 Å². The number of piperidine rings is 1. The van der Waals surface area contributed by atoms with Crippen LogP contribution in [0.3, 0.4) is 0 Å². The summed E-state index contributed by atoms with van der Waals surface area (Å²) in [7, 11) is 0. The number of nitrogens with one attached hydrogen (secondary N) is 1. The van der Waals surface area contributed by atoms with Gasteiger partial charge in [-0.2, -0.15) is 0 Å². The molecule has 6 nitrogen and oxygen atoms in total. The number of aromatic amines is 1. The second-order valence-electron chi connectivity index (χ2n) is 6.32. The highest BCUT2D eigenvalue weighted by molar-refractivity contribution is 5.74. The van der Waals surface area contributed by atoms with Crippen LogP contribution in [-0.2, 0) is 0 Å². The van der Waals surface area contributed by atoms with E-state index < -0.39 is 10.7 Å². The van der Waals surface area contributed by atoms with Crippen molar-refractivity contribution < 1.29 is 9.31 Å². The second-order valence-corrected chi connectivity index (χ2v) is 6.32. The number of halogens is 1. The minimum Gasteiger partial charge on any atom is -0.368 e. The lowest BCUT2D eigenvalue weighted by Gasteiger charge is -2.33. The van der Waals surface area contributed by atoms with Gasteiger partial charge in [-0.25, -0.2) is 9.37 Å².